The van der Waals surface area contributed by atoms with Crippen LogP contribution in [0.3, 0.4) is 0 Å². The van der Waals surface area contributed by atoms with Crippen LogP contribution < -0.4 is 0 Å². The molecule has 0 radical (unpaired) electrons. The standard InChI is InChI=1S/C16H18FNO2S/c1-16(2,3)13(19)8-15-18(14(20)10-21-15)9-11-4-6-12(17)7-5-11/h4-8H,9-10H2,1-3H3/b15-8+. The smallest absolute Gasteiger partial charge is 0.238 e. The van der Waals surface area contributed by atoms with E-state index in [4.69, 9.17) is 0 Å². The average Bonchev–Trinajstić information content (AvgIpc) is 2.73. The zero-order valence-electron chi connectivity index (χ0n) is 12.4. The Morgan fingerprint density at radius 1 is 1.33 bits per heavy atom. The molecule has 0 bridgehead atoms. The van der Waals surface area contributed by atoms with Crippen LogP contribution in [0.5, 0.6) is 0 Å². The highest BCUT2D eigenvalue weighted by Gasteiger charge is 2.29. The second kappa shape index (κ2) is 6.02. The van der Waals surface area contributed by atoms with Gasteiger partial charge in [0.25, 0.3) is 0 Å². The molecule has 1 heterocycles. The van der Waals surface area contributed by atoms with Gasteiger partial charge < -0.3 is 4.90 Å². The van der Waals surface area contributed by atoms with Gasteiger partial charge in [0.2, 0.25) is 5.91 Å². The minimum Gasteiger partial charge on any atom is -0.301 e. The summed E-state index contributed by atoms with van der Waals surface area (Å²) in [6, 6.07) is 6.03. The monoisotopic (exact) mass is 307 g/mol. The molecule has 1 aliphatic heterocycles. The predicted octanol–water partition coefficient (Wildman–Crippen LogP) is 3.36. The first-order valence-electron chi connectivity index (χ1n) is 6.71. The number of halogens is 1. The van der Waals surface area contributed by atoms with Crippen LogP contribution in [0, 0.1) is 11.2 Å². The molecule has 1 fully saturated rings. The van der Waals surface area contributed by atoms with Crippen LogP contribution in [-0.2, 0) is 16.1 Å². The number of hydrogen-bond acceptors (Lipinski definition) is 3. The Morgan fingerprint density at radius 3 is 2.52 bits per heavy atom. The van der Waals surface area contributed by atoms with Crippen molar-refractivity contribution in [3.05, 3.63) is 46.8 Å². The summed E-state index contributed by atoms with van der Waals surface area (Å²) in [5, 5.41) is 0.671. The summed E-state index contributed by atoms with van der Waals surface area (Å²) in [6.07, 6.45) is 1.54. The van der Waals surface area contributed by atoms with Gasteiger partial charge in [0.15, 0.2) is 5.78 Å². The van der Waals surface area contributed by atoms with Gasteiger partial charge in [-0.25, -0.2) is 4.39 Å². The predicted molar refractivity (Wildman–Crippen MR) is 82.0 cm³/mol. The fraction of sp³-hybridized carbons (Fsp3) is 0.375. The highest BCUT2D eigenvalue weighted by molar-refractivity contribution is 8.04. The number of thioether (sulfide) groups is 1. The Kier molecular flexibility index (Phi) is 4.52. The van der Waals surface area contributed by atoms with Gasteiger partial charge in [-0.15, -0.1) is 0 Å². The lowest BCUT2D eigenvalue weighted by molar-refractivity contribution is -0.125. The lowest BCUT2D eigenvalue weighted by Crippen LogP contribution is -2.25. The molecule has 2 rings (SSSR count). The van der Waals surface area contributed by atoms with Gasteiger partial charge in [-0.3, -0.25) is 9.59 Å². The minimum atomic E-state index is -0.471. The van der Waals surface area contributed by atoms with Crippen LogP contribution in [0.15, 0.2) is 35.4 Å². The molecular formula is C16H18FNO2S. The van der Waals surface area contributed by atoms with Crippen molar-refractivity contribution in [2.45, 2.75) is 27.3 Å². The number of carbonyl (C=O) groups is 2. The molecular weight excluding hydrogens is 289 g/mol. The van der Waals surface area contributed by atoms with Crippen molar-refractivity contribution in [1.29, 1.82) is 0 Å². The van der Waals surface area contributed by atoms with Crippen molar-refractivity contribution in [2.75, 3.05) is 5.75 Å². The number of carbonyl (C=O) groups excluding carboxylic acids is 2. The summed E-state index contributed by atoms with van der Waals surface area (Å²) in [5.41, 5.74) is 0.363. The third kappa shape index (κ3) is 3.94. The first kappa shape index (κ1) is 15.8. The Hall–Kier alpha value is -1.62. The van der Waals surface area contributed by atoms with Gasteiger partial charge in [0.05, 0.1) is 17.3 Å². The first-order valence-corrected chi connectivity index (χ1v) is 7.69. The average molecular weight is 307 g/mol. The number of hydrogen-bond donors (Lipinski definition) is 0. The van der Waals surface area contributed by atoms with Crippen LogP contribution in [0.25, 0.3) is 0 Å². The molecule has 112 valence electrons. The van der Waals surface area contributed by atoms with Crippen molar-refractivity contribution in [1.82, 2.24) is 4.90 Å². The van der Waals surface area contributed by atoms with Gasteiger partial charge >= 0.3 is 0 Å². The lowest BCUT2D eigenvalue weighted by atomic mass is 9.91. The van der Waals surface area contributed by atoms with E-state index in [9.17, 15) is 14.0 Å². The molecule has 1 amide bonds. The Bertz CT molecular complexity index is 587. The van der Waals surface area contributed by atoms with Crippen LogP contribution in [0.1, 0.15) is 26.3 Å². The van der Waals surface area contributed by atoms with Crippen LogP contribution >= 0.6 is 11.8 Å². The first-order chi connectivity index (χ1) is 9.77. The van der Waals surface area contributed by atoms with Crippen LogP contribution in [0.4, 0.5) is 4.39 Å². The van der Waals surface area contributed by atoms with E-state index >= 15 is 0 Å². The van der Waals surface area contributed by atoms with Gasteiger partial charge in [0.1, 0.15) is 5.82 Å². The van der Waals surface area contributed by atoms with Crippen molar-refractivity contribution in [3.63, 3.8) is 0 Å². The topological polar surface area (TPSA) is 37.4 Å². The van der Waals surface area contributed by atoms with Crippen LogP contribution in [-0.4, -0.2) is 22.3 Å². The van der Waals surface area contributed by atoms with E-state index in [2.05, 4.69) is 0 Å². The quantitative estimate of drug-likeness (QED) is 0.804. The second-order valence-corrected chi connectivity index (χ2v) is 6.99. The molecule has 1 aromatic rings. The van der Waals surface area contributed by atoms with Crippen LogP contribution in [0.2, 0.25) is 0 Å². The summed E-state index contributed by atoms with van der Waals surface area (Å²) in [7, 11) is 0. The fourth-order valence-electron chi connectivity index (χ4n) is 1.80. The number of rotatable bonds is 3. The largest absolute Gasteiger partial charge is 0.301 e. The maximum absolute atomic E-state index is 12.9. The number of nitrogens with zero attached hydrogens (tertiary/aromatic N) is 1. The highest BCUT2D eigenvalue weighted by atomic mass is 32.2. The van der Waals surface area contributed by atoms with Gasteiger partial charge in [0, 0.05) is 11.5 Å². The SMILES string of the molecule is CC(C)(C)C(=O)/C=C1/SCC(=O)N1Cc1ccc(F)cc1. The number of benzene rings is 1. The summed E-state index contributed by atoms with van der Waals surface area (Å²) in [6.45, 7) is 5.89. The second-order valence-electron chi connectivity index (χ2n) is 5.99. The minimum absolute atomic E-state index is 0.0104. The zero-order chi connectivity index (χ0) is 15.6. The van der Waals surface area contributed by atoms with Gasteiger partial charge in [-0.1, -0.05) is 44.7 Å². The van der Waals surface area contributed by atoms with E-state index in [-0.39, 0.29) is 17.5 Å². The molecule has 0 spiro atoms. The molecule has 21 heavy (non-hydrogen) atoms. The molecule has 1 saturated heterocycles. The third-order valence-electron chi connectivity index (χ3n) is 3.16. The van der Waals surface area contributed by atoms with E-state index in [1.54, 1.807) is 23.1 Å². The summed E-state index contributed by atoms with van der Waals surface area (Å²) in [4.78, 5) is 25.6. The molecule has 0 saturated carbocycles. The Morgan fingerprint density at radius 2 is 1.95 bits per heavy atom. The summed E-state index contributed by atoms with van der Waals surface area (Å²) >= 11 is 1.37. The normalized spacial score (nSPS) is 17.6. The zero-order valence-corrected chi connectivity index (χ0v) is 13.2. The summed E-state index contributed by atoms with van der Waals surface area (Å²) in [5.74, 6) is -0.00888. The maximum atomic E-state index is 12.9. The summed E-state index contributed by atoms with van der Waals surface area (Å²) < 4.78 is 12.9. The Balaban J connectivity index is 2.19. The van der Waals surface area contributed by atoms with E-state index in [1.807, 2.05) is 20.8 Å². The van der Waals surface area contributed by atoms with Gasteiger partial charge in [-0.2, -0.15) is 0 Å². The molecule has 0 atom stereocenters. The molecule has 1 aromatic carbocycles. The fourth-order valence-corrected chi connectivity index (χ4v) is 2.74. The van der Waals surface area contributed by atoms with E-state index < -0.39 is 5.41 Å². The molecule has 3 nitrogen and oxygen atoms in total. The number of allylic oxidation sites excluding steroid dienone is 1. The molecule has 5 heteroatoms. The van der Waals surface area contributed by atoms with Gasteiger partial charge in [-0.05, 0) is 17.7 Å². The highest BCUT2D eigenvalue weighted by Crippen LogP contribution is 2.31. The van der Waals surface area contributed by atoms with Crippen molar-refractivity contribution >= 4 is 23.5 Å². The van der Waals surface area contributed by atoms with E-state index in [1.165, 1.54) is 23.9 Å². The molecule has 0 unspecified atom stereocenters. The molecule has 1 aliphatic rings. The maximum Gasteiger partial charge on any atom is 0.238 e. The number of amides is 1. The van der Waals surface area contributed by atoms with Crippen molar-refractivity contribution in [2.24, 2.45) is 5.41 Å². The lowest BCUT2D eigenvalue weighted by Gasteiger charge is -2.19. The van der Waals surface area contributed by atoms with Crippen molar-refractivity contribution in [3.8, 4) is 0 Å². The van der Waals surface area contributed by atoms with E-state index in [0.29, 0.717) is 17.3 Å². The van der Waals surface area contributed by atoms with E-state index in [0.717, 1.165) is 5.56 Å². The number of ketones is 1. The molecule has 0 aliphatic carbocycles. The molecule has 0 aromatic heterocycles. The third-order valence-corrected chi connectivity index (χ3v) is 4.18. The van der Waals surface area contributed by atoms with Crippen molar-refractivity contribution < 1.29 is 14.0 Å². The molecule has 0 N–H and O–H groups in total. The Labute approximate surface area is 128 Å².